The molecule has 2 aromatic rings. The molecule has 1 aromatic heterocycles. The Morgan fingerprint density at radius 1 is 1.40 bits per heavy atom. The van der Waals surface area contributed by atoms with Gasteiger partial charge in [0.05, 0.1) is 11.7 Å². The molecule has 108 valence electrons. The summed E-state index contributed by atoms with van der Waals surface area (Å²) in [6.45, 7) is 3.81. The van der Waals surface area contributed by atoms with Gasteiger partial charge in [0.15, 0.2) is 0 Å². The van der Waals surface area contributed by atoms with Gasteiger partial charge in [0.2, 0.25) is 10.0 Å². The number of hydrogen-bond acceptors (Lipinski definition) is 5. The van der Waals surface area contributed by atoms with Crippen LogP contribution >= 0.6 is 11.3 Å². The van der Waals surface area contributed by atoms with Gasteiger partial charge in [-0.2, -0.15) is 0 Å². The lowest BCUT2D eigenvalue weighted by Gasteiger charge is -2.13. The van der Waals surface area contributed by atoms with E-state index in [0.717, 1.165) is 16.3 Å². The predicted octanol–water partition coefficient (Wildman–Crippen LogP) is 2.33. The molecular formula is C13H17N3O2S2. The molecule has 1 heterocycles. The SMILES string of the molecule is CCc1cnc(C(C)NS(=O)(=O)c2ccccc2N)s1. The Morgan fingerprint density at radius 2 is 2.10 bits per heavy atom. The lowest BCUT2D eigenvalue weighted by molar-refractivity contribution is 0.567. The second kappa shape index (κ2) is 5.90. The third-order valence-corrected chi connectivity index (χ3v) is 5.77. The van der Waals surface area contributed by atoms with Crippen LogP contribution in [0.2, 0.25) is 0 Å². The molecule has 1 atom stereocenters. The third-order valence-electron chi connectivity index (χ3n) is 2.83. The molecule has 1 aromatic carbocycles. The number of aryl methyl sites for hydroxylation is 1. The zero-order valence-corrected chi connectivity index (χ0v) is 13.0. The smallest absolute Gasteiger partial charge is 0.243 e. The van der Waals surface area contributed by atoms with Crippen molar-refractivity contribution in [3.8, 4) is 0 Å². The van der Waals surface area contributed by atoms with Crippen molar-refractivity contribution in [3.05, 3.63) is 40.3 Å². The molecule has 20 heavy (non-hydrogen) atoms. The summed E-state index contributed by atoms with van der Waals surface area (Å²) in [5, 5.41) is 0.750. The molecule has 3 N–H and O–H groups in total. The summed E-state index contributed by atoms with van der Waals surface area (Å²) in [7, 11) is -3.64. The molecule has 7 heteroatoms. The highest BCUT2D eigenvalue weighted by Crippen LogP contribution is 2.24. The highest BCUT2D eigenvalue weighted by atomic mass is 32.2. The number of hydrogen-bond donors (Lipinski definition) is 2. The highest BCUT2D eigenvalue weighted by molar-refractivity contribution is 7.89. The predicted molar refractivity (Wildman–Crippen MR) is 81.1 cm³/mol. The minimum absolute atomic E-state index is 0.0964. The maximum atomic E-state index is 12.3. The summed E-state index contributed by atoms with van der Waals surface area (Å²) in [5.74, 6) is 0. The first-order valence-corrected chi connectivity index (χ1v) is 8.55. The van der Waals surface area contributed by atoms with E-state index in [1.807, 2.05) is 6.92 Å². The van der Waals surface area contributed by atoms with Crippen LogP contribution in [0.4, 0.5) is 5.69 Å². The molecule has 0 amide bonds. The number of nitrogens with one attached hydrogen (secondary N) is 1. The molecular weight excluding hydrogens is 294 g/mol. The van der Waals surface area contributed by atoms with Crippen LogP contribution in [0.15, 0.2) is 35.4 Å². The second-order valence-corrected chi connectivity index (χ2v) is 7.23. The fourth-order valence-electron chi connectivity index (χ4n) is 1.76. The number of sulfonamides is 1. The Balaban J connectivity index is 2.22. The summed E-state index contributed by atoms with van der Waals surface area (Å²) in [6, 6.07) is 6.02. The molecule has 5 nitrogen and oxygen atoms in total. The van der Waals surface area contributed by atoms with Gasteiger partial charge in [-0.1, -0.05) is 19.1 Å². The number of aromatic nitrogens is 1. The molecule has 0 saturated carbocycles. The highest BCUT2D eigenvalue weighted by Gasteiger charge is 2.21. The van der Waals surface area contributed by atoms with Gasteiger partial charge in [0.25, 0.3) is 0 Å². The van der Waals surface area contributed by atoms with E-state index >= 15 is 0 Å². The van der Waals surface area contributed by atoms with Crippen LogP contribution in [0.3, 0.4) is 0 Å². The van der Waals surface area contributed by atoms with Crippen molar-refractivity contribution < 1.29 is 8.42 Å². The minimum Gasteiger partial charge on any atom is -0.398 e. The van der Waals surface area contributed by atoms with E-state index in [9.17, 15) is 8.42 Å². The van der Waals surface area contributed by atoms with Crippen molar-refractivity contribution in [1.82, 2.24) is 9.71 Å². The van der Waals surface area contributed by atoms with E-state index in [1.165, 1.54) is 17.4 Å². The Morgan fingerprint density at radius 3 is 2.70 bits per heavy atom. The maximum absolute atomic E-state index is 12.3. The first-order chi connectivity index (χ1) is 9.44. The monoisotopic (exact) mass is 311 g/mol. The van der Waals surface area contributed by atoms with Crippen LogP contribution in [0.25, 0.3) is 0 Å². The number of para-hydroxylation sites is 1. The van der Waals surface area contributed by atoms with E-state index in [2.05, 4.69) is 9.71 Å². The lowest BCUT2D eigenvalue weighted by atomic mass is 10.3. The number of rotatable bonds is 5. The summed E-state index contributed by atoms with van der Waals surface area (Å²) in [4.78, 5) is 5.47. The van der Waals surface area contributed by atoms with Crippen LogP contribution in [-0.2, 0) is 16.4 Å². The molecule has 0 aliphatic carbocycles. The molecule has 0 saturated heterocycles. The Labute approximate surface area is 122 Å². The van der Waals surface area contributed by atoms with E-state index < -0.39 is 10.0 Å². The number of benzene rings is 1. The van der Waals surface area contributed by atoms with Gasteiger partial charge in [-0.15, -0.1) is 11.3 Å². The van der Waals surface area contributed by atoms with Crippen LogP contribution in [-0.4, -0.2) is 13.4 Å². The van der Waals surface area contributed by atoms with Crippen molar-refractivity contribution >= 4 is 27.0 Å². The lowest BCUT2D eigenvalue weighted by Crippen LogP contribution is -2.27. The van der Waals surface area contributed by atoms with Gasteiger partial charge in [-0.05, 0) is 25.5 Å². The Bertz CT molecular complexity index is 695. The second-order valence-electron chi connectivity index (χ2n) is 4.40. The van der Waals surface area contributed by atoms with Crippen molar-refractivity contribution in [2.45, 2.75) is 31.2 Å². The van der Waals surface area contributed by atoms with Crippen molar-refractivity contribution in [1.29, 1.82) is 0 Å². The van der Waals surface area contributed by atoms with Crippen molar-refractivity contribution in [2.24, 2.45) is 0 Å². The maximum Gasteiger partial charge on any atom is 0.243 e. The van der Waals surface area contributed by atoms with Crippen molar-refractivity contribution in [3.63, 3.8) is 0 Å². The molecule has 0 spiro atoms. The van der Waals surface area contributed by atoms with Crippen LogP contribution < -0.4 is 10.5 Å². The zero-order valence-electron chi connectivity index (χ0n) is 11.3. The average Bonchev–Trinajstić information content (AvgIpc) is 2.87. The molecule has 2 rings (SSSR count). The number of nitrogens with two attached hydrogens (primary N) is 1. The van der Waals surface area contributed by atoms with Crippen LogP contribution in [0.1, 0.15) is 29.8 Å². The number of anilines is 1. The number of thiazole rings is 1. The van der Waals surface area contributed by atoms with Gasteiger partial charge < -0.3 is 5.73 Å². The van der Waals surface area contributed by atoms with E-state index in [1.54, 1.807) is 31.3 Å². The fraction of sp³-hybridized carbons (Fsp3) is 0.308. The van der Waals surface area contributed by atoms with Crippen LogP contribution in [0.5, 0.6) is 0 Å². The molecule has 0 radical (unpaired) electrons. The van der Waals surface area contributed by atoms with Gasteiger partial charge in [-0.25, -0.2) is 18.1 Å². The normalized spacial score (nSPS) is 13.3. The van der Waals surface area contributed by atoms with Crippen molar-refractivity contribution in [2.75, 3.05) is 5.73 Å². The quantitative estimate of drug-likeness (QED) is 0.830. The molecule has 1 unspecified atom stereocenters. The first kappa shape index (κ1) is 15.0. The summed E-state index contributed by atoms with van der Waals surface area (Å²) in [6.07, 6.45) is 2.67. The topological polar surface area (TPSA) is 85.1 Å². The standard InChI is InChI=1S/C13H17N3O2S2/c1-3-10-8-15-13(19-10)9(2)16-20(17,18)12-7-5-4-6-11(12)14/h4-9,16H,3,14H2,1-2H3. The first-order valence-electron chi connectivity index (χ1n) is 6.25. The van der Waals surface area contributed by atoms with Gasteiger partial charge in [0, 0.05) is 11.1 Å². The zero-order chi connectivity index (χ0) is 14.8. The molecule has 0 fully saturated rings. The van der Waals surface area contributed by atoms with Gasteiger partial charge >= 0.3 is 0 Å². The van der Waals surface area contributed by atoms with Gasteiger partial charge in [-0.3, -0.25) is 0 Å². The molecule has 0 aliphatic rings. The largest absolute Gasteiger partial charge is 0.398 e. The van der Waals surface area contributed by atoms with E-state index in [0.29, 0.717) is 0 Å². The fourth-order valence-corrected chi connectivity index (χ4v) is 4.03. The average molecular weight is 311 g/mol. The minimum atomic E-state index is -3.64. The van der Waals surface area contributed by atoms with E-state index in [4.69, 9.17) is 5.73 Å². The number of nitrogens with zero attached hydrogens (tertiary/aromatic N) is 1. The molecule has 0 bridgehead atoms. The Hall–Kier alpha value is -1.44. The summed E-state index contributed by atoms with van der Waals surface area (Å²) < 4.78 is 27.2. The van der Waals surface area contributed by atoms with Gasteiger partial charge in [0.1, 0.15) is 9.90 Å². The Kier molecular flexibility index (Phi) is 4.42. The summed E-state index contributed by atoms with van der Waals surface area (Å²) in [5.41, 5.74) is 5.95. The summed E-state index contributed by atoms with van der Waals surface area (Å²) >= 11 is 1.51. The van der Waals surface area contributed by atoms with E-state index in [-0.39, 0.29) is 16.6 Å². The molecule has 0 aliphatic heterocycles. The third kappa shape index (κ3) is 3.17. The van der Waals surface area contributed by atoms with Crippen LogP contribution in [0, 0.1) is 0 Å². The number of nitrogen functional groups attached to an aromatic ring is 1.